The fraction of sp³-hybridized carbons (Fsp3) is 0.357. The van der Waals surface area contributed by atoms with E-state index in [9.17, 15) is 4.79 Å². The van der Waals surface area contributed by atoms with Crippen LogP contribution in [-0.2, 0) is 11.3 Å². The zero-order valence-electron chi connectivity index (χ0n) is 10.9. The fourth-order valence-corrected chi connectivity index (χ4v) is 2.41. The first-order chi connectivity index (χ1) is 9.29. The summed E-state index contributed by atoms with van der Waals surface area (Å²) in [4.78, 5) is 20.2. The summed E-state index contributed by atoms with van der Waals surface area (Å²) < 4.78 is 0. The molecular formula is C14H17N3OS. The van der Waals surface area contributed by atoms with E-state index in [0.29, 0.717) is 13.0 Å². The molecule has 0 saturated carbocycles. The largest absolute Gasteiger partial charge is 0.350 e. The highest BCUT2D eigenvalue weighted by molar-refractivity contribution is 7.13. The Morgan fingerprint density at radius 3 is 3.05 bits per heavy atom. The Balaban J connectivity index is 1.90. The molecule has 4 nitrogen and oxygen atoms in total. The fourth-order valence-electron chi connectivity index (χ4n) is 1.61. The maximum absolute atomic E-state index is 11.5. The first-order valence-corrected chi connectivity index (χ1v) is 7.30. The smallest absolute Gasteiger partial charge is 0.220 e. The molecular weight excluding hydrogens is 258 g/mol. The van der Waals surface area contributed by atoms with Crippen molar-refractivity contribution in [2.45, 2.75) is 32.7 Å². The Hall–Kier alpha value is -1.75. The van der Waals surface area contributed by atoms with Gasteiger partial charge in [-0.1, -0.05) is 19.4 Å². The molecule has 0 aliphatic heterocycles. The van der Waals surface area contributed by atoms with E-state index >= 15 is 0 Å². The van der Waals surface area contributed by atoms with Crippen LogP contribution >= 0.6 is 11.3 Å². The predicted octanol–water partition coefficient (Wildman–Crippen LogP) is 3.01. The number of hydrogen-bond donors (Lipinski definition) is 1. The number of rotatable bonds is 6. The van der Waals surface area contributed by atoms with E-state index in [1.165, 1.54) is 0 Å². The van der Waals surface area contributed by atoms with Crippen molar-refractivity contribution in [1.29, 1.82) is 0 Å². The van der Waals surface area contributed by atoms with Crippen molar-refractivity contribution in [3.63, 3.8) is 0 Å². The lowest BCUT2D eigenvalue weighted by atomic mass is 10.2. The average Bonchev–Trinajstić information content (AvgIpc) is 2.93. The molecule has 2 rings (SSSR count). The number of pyridine rings is 1. The number of thiazole rings is 1. The van der Waals surface area contributed by atoms with Crippen LogP contribution in [0.5, 0.6) is 0 Å². The number of unbranched alkanes of at least 4 members (excludes halogenated alkanes) is 1. The molecule has 19 heavy (non-hydrogen) atoms. The summed E-state index contributed by atoms with van der Waals surface area (Å²) in [6.07, 6.45) is 4.31. The number of amides is 1. The van der Waals surface area contributed by atoms with Crippen molar-refractivity contribution < 1.29 is 4.79 Å². The van der Waals surface area contributed by atoms with E-state index in [-0.39, 0.29) is 5.91 Å². The first kappa shape index (κ1) is 13.7. The van der Waals surface area contributed by atoms with Crippen LogP contribution < -0.4 is 5.32 Å². The zero-order chi connectivity index (χ0) is 13.5. The van der Waals surface area contributed by atoms with Crippen LogP contribution in [0.15, 0.2) is 29.8 Å². The minimum absolute atomic E-state index is 0.0919. The molecule has 0 unspecified atom stereocenters. The molecule has 0 fully saturated rings. The van der Waals surface area contributed by atoms with Gasteiger partial charge in [-0.3, -0.25) is 9.78 Å². The summed E-state index contributed by atoms with van der Waals surface area (Å²) in [5.41, 5.74) is 1.76. The first-order valence-electron chi connectivity index (χ1n) is 6.42. The molecule has 5 heteroatoms. The third-order valence-corrected chi connectivity index (χ3v) is 3.57. The van der Waals surface area contributed by atoms with Gasteiger partial charge < -0.3 is 5.32 Å². The number of aromatic nitrogens is 2. The van der Waals surface area contributed by atoms with Crippen molar-refractivity contribution in [2.24, 2.45) is 0 Å². The van der Waals surface area contributed by atoms with E-state index < -0.39 is 0 Å². The van der Waals surface area contributed by atoms with Gasteiger partial charge in [0, 0.05) is 18.0 Å². The molecule has 0 radical (unpaired) electrons. The second-order valence-corrected chi connectivity index (χ2v) is 5.10. The minimum Gasteiger partial charge on any atom is -0.350 e. The van der Waals surface area contributed by atoms with Crippen molar-refractivity contribution in [3.05, 3.63) is 35.5 Å². The second kappa shape index (κ2) is 6.99. The van der Waals surface area contributed by atoms with E-state index in [1.807, 2.05) is 23.6 Å². The summed E-state index contributed by atoms with van der Waals surface area (Å²) >= 11 is 1.55. The van der Waals surface area contributed by atoms with Gasteiger partial charge in [0.05, 0.1) is 17.9 Å². The summed E-state index contributed by atoms with van der Waals surface area (Å²) in [7, 11) is 0. The normalized spacial score (nSPS) is 10.4. The van der Waals surface area contributed by atoms with Crippen LogP contribution in [0.3, 0.4) is 0 Å². The maximum atomic E-state index is 11.5. The topological polar surface area (TPSA) is 54.9 Å². The van der Waals surface area contributed by atoms with Crippen LogP contribution in [-0.4, -0.2) is 15.9 Å². The number of carbonyl (C=O) groups is 1. The quantitative estimate of drug-likeness (QED) is 0.881. The summed E-state index contributed by atoms with van der Waals surface area (Å²) in [6.45, 7) is 2.57. The molecule has 0 spiro atoms. The van der Waals surface area contributed by atoms with Gasteiger partial charge in [-0.15, -0.1) is 11.3 Å². The summed E-state index contributed by atoms with van der Waals surface area (Å²) in [5.74, 6) is 0.0919. The SMILES string of the molecule is CCCCC(=O)NCc1csc(-c2ccccn2)n1. The Morgan fingerprint density at radius 2 is 2.32 bits per heavy atom. The predicted molar refractivity (Wildman–Crippen MR) is 76.7 cm³/mol. The average molecular weight is 275 g/mol. The molecule has 0 atom stereocenters. The monoisotopic (exact) mass is 275 g/mol. The molecule has 0 bridgehead atoms. The molecule has 2 aromatic rings. The molecule has 1 amide bonds. The van der Waals surface area contributed by atoms with E-state index in [0.717, 1.165) is 29.2 Å². The minimum atomic E-state index is 0.0919. The molecule has 1 N–H and O–H groups in total. The lowest BCUT2D eigenvalue weighted by molar-refractivity contribution is -0.121. The lowest BCUT2D eigenvalue weighted by Crippen LogP contribution is -2.22. The molecule has 0 aliphatic rings. The lowest BCUT2D eigenvalue weighted by Gasteiger charge is -2.01. The van der Waals surface area contributed by atoms with Gasteiger partial charge in [-0.25, -0.2) is 4.98 Å². The number of nitrogens with one attached hydrogen (secondary N) is 1. The molecule has 0 saturated heterocycles. The van der Waals surface area contributed by atoms with Crippen molar-refractivity contribution in [2.75, 3.05) is 0 Å². The van der Waals surface area contributed by atoms with Gasteiger partial charge >= 0.3 is 0 Å². The van der Waals surface area contributed by atoms with Crippen molar-refractivity contribution >= 4 is 17.2 Å². The summed E-state index contributed by atoms with van der Waals surface area (Å²) in [5, 5.41) is 5.73. The Bertz CT molecular complexity index is 524. The standard InChI is InChI=1S/C14H17N3OS/c1-2-3-7-13(18)16-9-11-10-19-14(17-11)12-6-4-5-8-15-12/h4-6,8,10H,2-3,7,9H2,1H3,(H,16,18). The number of nitrogens with zero attached hydrogens (tertiary/aromatic N) is 2. The van der Waals surface area contributed by atoms with Gasteiger partial charge in [0.1, 0.15) is 5.01 Å². The van der Waals surface area contributed by atoms with Gasteiger partial charge in [0.15, 0.2) is 0 Å². The molecule has 2 aromatic heterocycles. The van der Waals surface area contributed by atoms with E-state index in [4.69, 9.17) is 0 Å². The van der Waals surface area contributed by atoms with Gasteiger partial charge in [0.2, 0.25) is 5.91 Å². The van der Waals surface area contributed by atoms with Gasteiger partial charge in [-0.2, -0.15) is 0 Å². The van der Waals surface area contributed by atoms with Gasteiger partial charge in [0.25, 0.3) is 0 Å². The Labute approximate surface area is 116 Å². The van der Waals surface area contributed by atoms with E-state index in [2.05, 4.69) is 22.2 Å². The molecule has 2 heterocycles. The number of carbonyl (C=O) groups excluding carboxylic acids is 1. The third kappa shape index (κ3) is 4.13. The zero-order valence-corrected chi connectivity index (χ0v) is 11.7. The van der Waals surface area contributed by atoms with Crippen LogP contribution in [0.1, 0.15) is 31.9 Å². The molecule has 0 aliphatic carbocycles. The third-order valence-electron chi connectivity index (χ3n) is 2.66. The van der Waals surface area contributed by atoms with Crippen LogP contribution in [0.2, 0.25) is 0 Å². The number of hydrogen-bond acceptors (Lipinski definition) is 4. The highest BCUT2D eigenvalue weighted by Crippen LogP contribution is 2.21. The Kier molecular flexibility index (Phi) is 5.03. The van der Waals surface area contributed by atoms with Crippen LogP contribution in [0, 0.1) is 0 Å². The molecule has 100 valence electrons. The summed E-state index contributed by atoms with van der Waals surface area (Å²) in [6, 6.07) is 5.75. The van der Waals surface area contributed by atoms with Crippen LogP contribution in [0.4, 0.5) is 0 Å². The van der Waals surface area contributed by atoms with E-state index in [1.54, 1.807) is 17.5 Å². The highest BCUT2D eigenvalue weighted by Gasteiger charge is 2.06. The van der Waals surface area contributed by atoms with Gasteiger partial charge in [-0.05, 0) is 18.6 Å². The van der Waals surface area contributed by atoms with Crippen LogP contribution in [0.25, 0.3) is 10.7 Å². The van der Waals surface area contributed by atoms with Crippen molar-refractivity contribution in [3.8, 4) is 10.7 Å². The second-order valence-electron chi connectivity index (χ2n) is 4.24. The molecule has 0 aromatic carbocycles. The highest BCUT2D eigenvalue weighted by atomic mass is 32.1. The maximum Gasteiger partial charge on any atom is 0.220 e. The van der Waals surface area contributed by atoms with Crippen molar-refractivity contribution in [1.82, 2.24) is 15.3 Å². The Morgan fingerprint density at radius 1 is 1.42 bits per heavy atom.